The number of aryl methyl sites for hydroxylation is 1. The Labute approximate surface area is 160 Å². The van der Waals surface area contributed by atoms with Gasteiger partial charge in [0, 0.05) is 45.4 Å². The van der Waals surface area contributed by atoms with Crippen molar-refractivity contribution in [1.82, 2.24) is 25.7 Å². The van der Waals surface area contributed by atoms with Crippen molar-refractivity contribution < 1.29 is 14.1 Å². The van der Waals surface area contributed by atoms with Crippen LogP contribution in [0.3, 0.4) is 0 Å². The lowest BCUT2D eigenvalue weighted by atomic mass is 9.89. The Morgan fingerprint density at radius 1 is 1.30 bits per heavy atom. The van der Waals surface area contributed by atoms with Crippen molar-refractivity contribution in [2.75, 3.05) is 19.6 Å². The predicted octanol–water partition coefficient (Wildman–Crippen LogP) is 1.51. The minimum Gasteiger partial charge on any atom is -0.343 e. The quantitative estimate of drug-likeness (QED) is 0.755. The maximum atomic E-state index is 12.5. The maximum Gasteiger partial charge on any atom is 0.227 e. The fraction of sp³-hybridized carbons (Fsp3) is 0.789. The van der Waals surface area contributed by atoms with Gasteiger partial charge < -0.3 is 20.1 Å². The van der Waals surface area contributed by atoms with Crippen LogP contribution < -0.4 is 10.6 Å². The van der Waals surface area contributed by atoms with Crippen LogP contribution in [0.15, 0.2) is 4.52 Å². The van der Waals surface area contributed by atoms with E-state index in [-0.39, 0.29) is 17.9 Å². The number of carbonyl (C=O) groups is 2. The number of rotatable bonds is 5. The summed E-state index contributed by atoms with van der Waals surface area (Å²) in [4.78, 5) is 30.7. The zero-order chi connectivity index (χ0) is 19.3. The Hall–Kier alpha value is -1.96. The second-order valence-corrected chi connectivity index (χ2v) is 7.83. The van der Waals surface area contributed by atoms with Crippen molar-refractivity contribution in [1.29, 1.82) is 0 Å². The van der Waals surface area contributed by atoms with Crippen LogP contribution in [0.5, 0.6) is 0 Å². The fourth-order valence-electron chi connectivity index (χ4n) is 4.19. The van der Waals surface area contributed by atoms with E-state index in [0.717, 1.165) is 58.2 Å². The molecule has 1 saturated heterocycles. The molecule has 0 aromatic carbocycles. The van der Waals surface area contributed by atoms with Gasteiger partial charge in [-0.05, 0) is 19.8 Å². The smallest absolute Gasteiger partial charge is 0.227 e. The Balaban J connectivity index is 1.65. The molecule has 1 aliphatic carbocycles. The number of aromatic nitrogens is 2. The van der Waals surface area contributed by atoms with Crippen LogP contribution in [-0.2, 0) is 21.5 Å². The Kier molecular flexibility index (Phi) is 6.46. The van der Waals surface area contributed by atoms with E-state index in [0.29, 0.717) is 24.6 Å². The number of carbonyl (C=O) groups excluding carboxylic acids is 2. The average molecular weight is 377 g/mol. The van der Waals surface area contributed by atoms with Crippen LogP contribution >= 0.6 is 0 Å². The minimum absolute atomic E-state index is 0.0777. The van der Waals surface area contributed by atoms with Gasteiger partial charge in [-0.25, -0.2) is 0 Å². The van der Waals surface area contributed by atoms with Crippen LogP contribution in [0.1, 0.15) is 70.5 Å². The summed E-state index contributed by atoms with van der Waals surface area (Å²) in [5.41, 5.74) is -0.541. The van der Waals surface area contributed by atoms with Gasteiger partial charge >= 0.3 is 0 Å². The highest BCUT2D eigenvalue weighted by atomic mass is 16.5. The van der Waals surface area contributed by atoms with Crippen molar-refractivity contribution in [2.24, 2.45) is 0 Å². The Bertz CT molecular complexity index is 652. The van der Waals surface area contributed by atoms with E-state index < -0.39 is 5.54 Å². The highest BCUT2D eigenvalue weighted by Crippen LogP contribution is 2.34. The first-order valence-corrected chi connectivity index (χ1v) is 10.1. The van der Waals surface area contributed by atoms with Gasteiger partial charge in [0.05, 0.1) is 0 Å². The summed E-state index contributed by atoms with van der Waals surface area (Å²) in [6, 6.07) is 0.207. The number of amides is 2. The molecule has 2 N–H and O–H groups in total. The first-order chi connectivity index (χ1) is 13.0. The molecule has 8 nitrogen and oxygen atoms in total. The summed E-state index contributed by atoms with van der Waals surface area (Å²) in [6.07, 6.45) is 6.81. The number of nitrogens with one attached hydrogen (secondary N) is 2. The van der Waals surface area contributed by atoms with Crippen molar-refractivity contribution in [3.8, 4) is 0 Å². The third kappa shape index (κ3) is 4.86. The fourth-order valence-corrected chi connectivity index (χ4v) is 4.19. The molecular weight excluding hydrogens is 346 g/mol. The Morgan fingerprint density at radius 2 is 2.04 bits per heavy atom. The minimum atomic E-state index is -0.541. The monoisotopic (exact) mass is 377 g/mol. The zero-order valence-corrected chi connectivity index (χ0v) is 16.4. The normalized spacial score (nSPS) is 22.9. The van der Waals surface area contributed by atoms with E-state index in [9.17, 15) is 9.59 Å². The second-order valence-electron chi connectivity index (χ2n) is 7.83. The van der Waals surface area contributed by atoms with Crippen molar-refractivity contribution in [3.63, 3.8) is 0 Å². The molecule has 0 radical (unpaired) electrons. The van der Waals surface area contributed by atoms with Gasteiger partial charge in [0.2, 0.25) is 17.7 Å². The number of hydrogen-bond acceptors (Lipinski definition) is 6. The molecule has 1 atom stereocenters. The van der Waals surface area contributed by atoms with E-state index >= 15 is 0 Å². The number of hydrogen-bond donors (Lipinski definition) is 2. The summed E-state index contributed by atoms with van der Waals surface area (Å²) in [6.45, 7) is 5.98. The van der Waals surface area contributed by atoms with Crippen LogP contribution in [0.25, 0.3) is 0 Å². The molecule has 1 aliphatic heterocycles. The van der Waals surface area contributed by atoms with Gasteiger partial charge in [0.15, 0.2) is 5.82 Å². The summed E-state index contributed by atoms with van der Waals surface area (Å²) in [7, 11) is 0. The van der Waals surface area contributed by atoms with Gasteiger partial charge in [-0.3, -0.25) is 9.59 Å². The van der Waals surface area contributed by atoms with Crippen molar-refractivity contribution in [3.05, 3.63) is 11.7 Å². The summed E-state index contributed by atoms with van der Waals surface area (Å²) >= 11 is 0. The van der Waals surface area contributed by atoms with E-state index in [2.05, 4.69) is 27.7 Å². The molecule has 0 bridgehead atoms. The van der Waals surface area contributed by atoms with Crippen molar-refractivity contribution in [2.45, 2.75) is 76.8 Å². The first-order valence-electron chi connectivity index (χ1n) is 10.1. The van der Waals surface area contributed by atoms with E-state index in [1.165, 1.54) is 6.92 Å². The molecule has 1 unspecified atom stereocenters. The number of nitrogens with zero attached hydrogens (tertiary/aromatic N) is 3. The van der Waals surface area contributed by atoms with Crippen LogP contribution in [0.2, 0.25) is 0 Å². The molecule has 2 heterocycles. The molecule has 150 valence electrons. The third-order valence-electron chi connectivity index (χ3n) is 5.64. The molecule has 1 aromatic heterocycles. The molecule has 3 rings (SSSR count). The first kappa shape index (κ1) is 19.8. The van der Waals surface area contributed by atoms with Crippen LogP contribution in [0, 0.1) is 0 Å². The largest absolute Gasteiger partial charge is 0.343 e. The second kappa shape index (κ2) is 8.82. The highest BCUT2D eigenvalue weighted by Gasteiger charge is 2.38. The van der Waals surface area contributed by atoms with Crippen LogP contribution in [-0.4, -0.2) is 52.5 Å². The highest BCUT2D eigenvalue weighted by molar-refractivity contribution is 5.76. The molecule has 2 fully saturated rings. The van der Waals surface area contributed by atoms with Gasteiger partial charge in [0.1, 0.15) is 5.54 Å². The molecule has 2 aliphatic rings. The standard InChI is InChI=1S/C19H31N5O3/c1-14-13-20-11-12-24(14)17(26)8-7-16-21-18(23-27-16)19(22-15(2)25)9-5-3-4-6-10-19/h14,20H,3-13H2,1-2H3,(H,22,25). The maximum absolute atomic E-state index is 12.5. The van der Waals surface area contributed by atoms with E-state index in [1.54, 1.807) is 0 Å². The molecule has 2 amide bonds. The van der Waals surface area contributed by atoms with Gasteiger partial charge in [-0.2, -0.15) is 4.98 Å². The topological polar surface area (TPSA) is 100 Å². The summed E-state index contributed by atoms with van der Waals surface area (Å²) < 4.78 is 5.43. The predicted molar refractivity (Wildman–Crippen MR) is 99.9 cm³/mol. The lowest BCUT2D eigenvalue weighted by Crippen LogP contribution is -2.52. The van der Waals surface area contributed by atoms with Crippen LogP contribution in [0.4, 0.5) is 0 Å². The Morgan fingerprint density at radius 3 is 2.70 bits per heavy atom. The molecular formula is C19H31N5O3. The van der Waals surface area contributed by atoms with Gasteiger partial charge in [-0.15, -0.1) is 0 Å². The molecule has 8 heteroatoms. The summed E-state index contributed by atoms with van der Waals surface area (Å²) in [5, 5.41) is 10.5. The molecule has 0 spiro atoms. The van der Waals surface area contributed by atoms with E-state index in [4.69, 9.17) is 4.52 Å². The SMILES string of the molecule is CC(=O)NC1(c2noc(CCC(=O)N3CCNCC3C)n2)CCCCCC1. The third-order valence-corrected chi connectivity index (χ3v) is 5.64. The van der Waals surface area contributed by atoms with Crippen molar-refractivity contribution >= 4 is 11.8 Å². The summed E-state index contributed by atoms with van der Waals surface area (Å²) in [5.74, 6) is 1.06. The van der Waals surface area contributed by atoms with E-state index in [1.807, 2.05) is 4.90 Å². The number of piperazine rings is 1. The molecule has 27 heavy (non-hydrogen) atoms. The lowest BCUT2D eigenvalue weighted by molar-refractivity contribution is -0.134. The average Bonchev–Trinajstić information content (AvgIpc) is 3.00. The zero-order valence-electron chi connectivity index (χ0n) is 16.4. The molecule has 1 saturated carbocycles. The lowest BCUT2D eigenvalue weighted by Gasteiger charge is -2.34. The van der Waals surface area contributed by atoms with Gasteiger partial charge in [0.25, 0.3) is 0 Å². The molecule has 1 aromatic rings. The van der Waals surface area contributed by atoms with Gasteiger partial charge in [-0.1, -0.05) is 30.8 Å².